The Balaban J connectivity index is 2.28. The van der Waals surface area contributed by atoms with E-state index >= 15 is 0 Å². The first-order valence-electron chi connectivity index (χ1n) is 5.06. The molecule has 0 heterocycles. The molecule has 0 radical (unpaired) electrons. The molecule has 0 atom stereocenters. The van der Waals surface area contributed by atoms with Gasteiger partial charge in [-0.15, -0.1) is 0 Å². The lowest BCUT2D eigenvalue weighted by Gasteiger charge is -2.10. The van der Waals surface area contributed by atoms with Gasteiger partial charge in [-0.1, -0.05) is 23.2 Å². The zero-order chi connectivity index (χ0) is 13.1. The molecule has 94 valence electrons. The summed E-state index contributed by atoms with van der Waals surface area (Å²) in [5.41, 5.74) is 0. The number of hydrogen-bond acceptors (Lipinski definition) is 2. The second-order valence-electron chi connectivity index (χ2n) is 3.47. The second kappa shape index (κ2) is 5.99. The predicted octanol–water partition coefficient (Wildman–Crippen LogP) is 5.40. The average Bonchev–Trinajstić information content (AvgIpc) is 2.35. The number of methoxy groups -OCH3 is 1. The summed E-state index contributed by atoms with van der Waals surface area (Å²) in [5, 5.41) is 1.05. The summed E-state index contributed by atoms with van der Waals surface area (Å²) in [6, 6.07) is 10.7. The summed E-state index contributed by atoms with van der Waals surface area (Å²) in [5.74, 6) is 1.99. The van der Waals surface area contributed by atoms with E-state index in [9.17, 15) is 0 Å². The van der Waals surface area contributed by atoms with Crippen LogP contribution < -0.4 is 9.47 Å². The van der Waals surface area contributed by atoms with Gasteiger partial charge in [0.15, 0.2) is 0 Å². The third kappa shape index (κ3) is 3.22. The van der Waals surface area contributed by atoms with Gasteiger partial charge in [0.25, 0.3) is 0 Å². The van der Waals surface area contributed by atoms with Crippen molar-refractivity contribution in [2.75, 3.05) is 7.11 Å². The highest BCUT2D eigenvalue weighted by atomic mass is 127. The Kier molecular flexibility index (Phi) is 4.59. The summed E-state index contributed by atoms with van der Waals surface area (Å²) in [6.07, 6.45) is 0. The Morgan fingerprint density at radius 2 is 1.78 bits per heavy atom. The summed E-state index contributed by atoms with van der Waals surface area (Å²) < 4.78 is 11.9. The van der Waals surface area contributed by atoms with E-state index in [0.29, 0.717) is 21.5 Å². The van der Waals surface area contributed by atoms with Crippen molar-refractivity contribution in [3.05, 3.63) is 50.0 Å². The van der Waals surface area contributed by atoms with Crippen LogP contribution >= 0.6 is 45.8 Å². The number of hydrogen-bond donors (Lipinski definition) is 0. The third-order valence-electron chi connectivity index (χ3n) is 2.24. The zero-order valence-electron chi connectivity index (χ0n) is 9.41. The van der Waals surface area contributed by atoms with Crippen LogP contribution in [0, 0.1) is 3.57 Å². The van der Waals surface area contributed by atoms with Gasteiger partial charge >= 0.3 is 0 Å². The molecule has 0 N–H and O–H groups in total. The van der Waals surface area contributed by atoms with E-state index in [1.54, 1.807) is 25.3 Å². The molecule has 0 aromatic heterocycles. The molecule has 18 heavy (non-hydrogen) atoms. The van der Waals surface area contributed by atoms with E-state index in [2.05, 4.69) is 22.6 Å². The van der Waals surface area contributed by atoms with Crippen LogP contribution in [0.5, 0.6) is 17.2 Å². The normalized spacial score (nSPS) is 10.2. The molecule has 0 spiro atoms. The first kappa shape index (κ1) is 13.8. The smallest absolute Gasteiger partial charge is 0.146 e. The van der Waals surface area contributed by atoms with E-state index in [0.717, 1.165) is 9.32 Å². The highest BCUT2D eigenvalue weighted by Gasteiger charge is 2.06. The maximum absolute atomic E-state index is 6.04. The maximum atomic E-state index is 6.04. The number of ether oxygens (including phenoxy) is 2. The summed E-state index contributed by atoms with van der Waals surface area (Å²) in [6.45, 7) is 0. The van der Waals surface area contributed by atoms with Crippen LogP contribution in [-0.4, -0.2) is 7.11 Å². The predicted molar refractivity (Wildman–Crippen MR) is 82.2 cm³/mol. The molecule has 0 fully saturated rings. The van der Waals surface area contributed by atoms with Crippen LogP contribution in [0.2, 0.25) is 10.0 Å². The monoisotopic (exact) mass is 394 g/mol. The van der Waals surface area contributed by atoms with Gasteiger partial charge in [0.05, 0.1) is 15.7 Å². The SMILES string of the molecule is COc1cc(Oc2ccc(Cl)cc2Cl)ccc1I. The van der Waals surface area contributed by atoms with E-state index in [-0.39, 0.29) is 0 Å². The Morgan fingerprint density at radius 1 is 1.00 bits per heavy atom. The molecule has 0 aliphatic rings. The number of benzene rings is 2. The van der Waals surface area contributed by atoms with Crippen molar-refractivity contribution in [2.45, 2.75) is 0 Å². The standard InChI is InChI=1S/C13H9Cl2IO2/c1-17-13-7-9(3-4-11(13)16)18-12-5-2-8(14)6-10(12)15/h2-7H,1H3. The van der Waals surface area contributed by atoms with Crippen molar-refractivity contribution in [2.24, 2.45) is 0 Å². The minimum Gasteiger partial charge on any atom is -0.496 e. The van der Waals surface area contributed by atoms with Gasteiger partial charge in [0.1, 0.15) is 17.2 Å². The van der Waals surface area contributed by atoms with Crippen molar-refractivity contribution >= 4 is 45.8 Å². The number of halogens is 3. The molecule has 2 aromatic carbocycles. The molecule has 2 rings (SSSR count). The molecular formula is C13H9Cl2IO2. The molecule has 0 saturated carbocycles. The minimum atomic E-state index is 0.472. The Labute approximate surface area is 129 Å². The van der Waals surface area contributed by atoms with Gasteiger partial charge in [-0.3, -0.25) is 0 Å². The molecule has 2 aromatic rings. The van der Waals surface area contributed by atoms with Crippen LogP contribution in [0.1, 0.15) is 0 Å². The lowest BCUT2D eigenvalue weighted by atomic mass is 10.3. The average molecular weight is 395 g/mol. The molecule has 2 nitrogen and oxygen atoms in total. The summed E-state index contributed by atoms with van der Waals surface area (Å²) in [4.78, 5) is 0. The Morgan fingerprint density at radius 3 is 2.44 bits per heavy atom. The van der Waals surface area contributed by atoms with Crippen LogP contribution in [-0.2, 0) is 0 Å². The van der Waals surface area contributed by atoms with Gasteiger partial charge in [0.2, 0.25) is 0 Å². The molecule has 0 aliphatic carbocycles. The molecule has 0 aliphatic heterocycles. The van der Waals surface area contributed by atoms with Crippen LogP contribution in [0.3, 0.4) is 0 Å². The van der Waals surface area contributed by atoms with Gasteiger partial charge < -0.3 is 9.47 Å². The van der Waals surface area contributed by atoms with Crippen molar-refractivity contribution in [3.8, 4) is 17.2 Å². The largest absolute Gasteiger partial charge is 0.496 e. The van der Waals surface area contributed by atoms with Crippen molar-refractivity contribution < 1.29 is 9.47 Å². The van der Waals surface area contributed by atoms with Crippen molar-refractivity contribution in [1.82, 2.24) is 0 Å². The van der Waals surface area contributed by atoms with Gasteiger partial charge in [-0.05, 0) is 52.9 Å². The first-order chi connectivity index (χ1) is 8.60. The van der Waals surface area contributed by atoms with E-state index in [1.807, 2.05) is 18.2 Å². The van der Waals surface area contributed by atoms with Gasteiger partial charge in [-0.25, -0.2) is 0 Å². The fourth-order valence-electron chi connectivity index (χ4n) is 1.39. The van der Waals surface area contributed by atoms with E-state index in [4.69, 9.17) is 32.7 Å². The Hall–Kier alpha value is -0.650. The van der Waals surface area contributed by atoms with Crippen LogP contribution in [0.4, 0.5) is 0 Å². The zero-order valence-corrected chi connectivity index (χ0v) is 13.1. The third-order valence-corrected chi connectivity index (χ3v) is 3.67. The first-order valence-corrected chi connectivity index (χ1v) is 6.90. The van der Waals surface area contributed by atoms with Gasteiger partial charge in [-0.2, -0.15) is 0 Å². The summed E-state index contributed by atoms with van der Waals surface area (Å²) in [7, 11) is 1.62. The Bertz CT molecular complexity index is 573. The molecule has 0 saturated heterocycles. The van der Waals surface area contributed by atoms with E-state index in [1.165, 1.54) is 0 Å². The highest BCUT2D eigenvalue weighted by molar-refractivity contribution is 14.1. The molecule has 0 bridgehead atoms. The second-order valence-corrected chi connectivity index (χ2v) is 5.48. The quantitative estimate of drug-likeness (QED) is 0.649. The van der Waals surface area contributed by atoms with E-state index < -0.39 is 0 Å². The van der Waals surface area contributed by atoms with Crippen LogP contribution in [0.15, 0.2) is 36.4 Å². The molecule has 5 heteroatoms. The fourth-order valence-corrected chi connectivity index (χ4v) is 2.39. The van der Waals surface area contributed by atoms with Crippen LogP contribution in [0.25, 0.3) is 0 Å². The number of rotatable bonds is 3. The van der Waals surface area contributed by atoms with Gasteiger partial charge in [0, 0.05) is 11.1 Å². The molecule has 0 amide bonds. The lowest BCUT2D eigenvalue weighted by Crippen LogP contribution is -1.90. The maximum Gasteiger partial charge on any atom is 0.146 e. The lowest BCUT2D eigenvalue weighted by molar-refractivity contribution is 0.406. The fraction of sp³-hybridized carbons (Fsp3) is 0.0769. The summed E-state index contributed by atoms with van der Waals surface area (Å²) >= 11 is 14.1. The highest BCUT2D eigenvalue weighted by Crippen LogP contribution is 2.34. The van der Waals surface area contributed by atoms with Crippen molar-refractivity contribution in [3.63, 3.8) is 0 Å². The topological polar surface area (TPSA) is 18.5 Å². The minimum absolute atomic E-state index is 0.472. The molecule has 0 unspecified atom stereocenters. The van der Waals surface area contributed by atoms with Crippen molar-refractivity contribution in [1.29, 1.82) is 0 Å². The molecular weight excluding hydrogens is 386 g/mol.